The van der Waals surface area contributed by atoms with Crippen molar-refractivity contribution in [3.63, 3.8) is 0 Å². The summed E-state index contributed by atoms with van der Waals surface area (Å²) in [6, 6.07) is 0.355. The van der Waals surface area contributed by atoms with E-state index in [9.17, 15) is 4.79 Å². The minimum atomic E-state index is -0.0918. The highest BCUT2D eigenvalue weighted by Crippen LogP contribution is 1.96. The van der Waals surface area contributed by atoms with Gasteiger partial charge in [0.1, 0.15) is 0 Å². The molecule has 0 spiro atoms. The van der Waals surface area contributed by atoms with Gasteiger partial charge < -0.3 is 20.7 Å². The number of nitrogens with zero attached hydrogens (tertiary/aromatic N) is 1. The van der Waals surface area contributed by atoms with Gasteiger partial charge in [-0.2, -0.15) is 0 Å². The molecule has 2 rings (SSSR count). The number of hydrogen-bond acceptors (Lipinski definition) is 5. The molecule has 2 saturated heterocycles. The highest BCUT2D eigenvalue weighted by Gasteiger charge is 2.22. The first-order valence-corrected chi connectivity index (χ1v) is 6.80. The zero-order valence-corrected chi connectivity index (χ0v) is 11.1. The Hall–Kier alpha value is -0.690. The summed E-state index contributed by atoms with van der Waals surface area (Å²) in [5.74, 6) is 0.0997. The summed E-state index contributed by atoms with van der Waals surface area (Å²) in [7, 11) is 0. The van der Waals surface area contributed by atoms with Crippen LogP contribution in [-0.4, -0.2) is 75.4 Å². The molecule has 2 aliphatic heterocycles. The van der Waals surface area contributed by atoms with Crippen molar-refractivity contribution in [1.82, 2.24) is 20.9 Å². The number of carbonyl (C=O) groups is 1. The largest absolute Gasteiger partial charge is 0.379 e. The van der Waals surface area contributed by atoms with E-state index in [4.69, 9.17) is 4.74 Å². The third-order valence-corrected chi connectivity index (χ3v) is 3.49. The van der Waals surface area contributed by atoms with Crippen molar-refractivity contribution < 1.29 is 9.53 Å². The molecule has 0 saturated carbocycles. The van der Waals surface area contributed by atoms with Crippen LogP contribution >= 0.6 is 0 Å². The van der Waals surface area contributed by atoms with Crippen LogP contribution in [0.15, 0.2) is 0 Å². The topological polar surface area (TPSA) is 65.6 Å². The maximum absolute atomic E-state index is 11.9. The molecule has 0 aromatic carbocycles. The van der Waals surface area contributed by atoms with E-state index in [1.165, 1.54) is 0 Å². The Labute approximate surface area is 108 Å². The fraction of sp³-hybridized carbons (Fsp3) is 0.917. The van der Waals surface area contributed by atoms with Crippen LogP contribution in [0.4, 0.5) is 0 Å². The van der Waals surface area contributed by atoms with E-state index >= 15 is 0 Å². The Kier molecular flexibility index (Phi) is 5.37. The van der Waals surface area contributed by atoms with Crippen LogP contribution in [-0.2, 0) is 9.53 Å². The zero-order chi connectivity index (χ0) is 12.8. The van der Waals surface area contributed by atoms with Gasteiger partial charge in [0.25, 0.3) is 0 Å². The lowest BCUT2D eigenvalue weighted by molar-refractivity contribution is -0.123. The molecular weight excluding hydrogens is 232 g/mol. The normalized spacial score (nSPS) is 30.1. The monoisotopic (exact) mass is 256 g/mol. The standard InChI is InChI=1S/C12H24N4O2/c1-10-8-15-11(9-14-10)12(17)13-2-3-16-4-6-18-7-5-16/h10-11,14-15H,2-9H2,1H3,(H,13,17). The Bertz CT molecular complexity index is 261. The first kappa shape index (κ1) is 13.7. The van der Waals surface area contributed by atoms with Crippen LogP contribution in [0, 0.1) is 0 Å². The van der Waals surface area contributed by atoms with Crippen LogP contribution < -0.4 is 16.0 Å². The molecule has 104 valence electrons. The number of amides is 1. The minimum Gasteiger partial charge on any atom is -0.379 e. The van der Waals surface area contributed by atoms with E-state index in [-0.39, 0.29) is 11.9 Å². The third-order valence-electron chi connectivity index (χ3n) is 3.49. The molecule has 0 radical (unpaired) electrons. The van der Waals surface area contributed by atoms with E-state index in [1.807, 2.05) is 0 Å². The molecule has 0 bridgehead atoms. The van der Waals surface area contributed by atoms with Gasteiger partial charge in [-0.15, -0.1) is 0 Å². The Morgan fingerprint density at radius 2 is 2.11 bits per heavy atom. The van der Waals surface area contributed by atoms with Crippen LogP contribution in [0.2, 0.25) is 0 Å². The van der Waals surface area contributed by atoms with Crippen molar-refractivity contribution in [2.75, 3.05) is 52.5 Å². The van der Waals surface area contributed by atoms with Gasteiger partial charge in [0.05, 0.1) is 19.3 Å². The van der Waals surface area contributed by atoms with E-state index in [1.54, 1.807) is 0 Å². The van der Waals surface area contributed by atoms with Gasteiger partial charge in [0.2, 0.25) is 5.91 Å². The van der Waals surface area contributed by atoms with Gasteiger partial charge in [-0.3, -0.25) is 9.69 Å². The van der Waals surface area contributed by atoms with E-state index in [0.29, 0.717) is 19.1 Å². The molecule has 6 nitrogen and oxygen atoms in total. The molecule has 0 aliphatic carbocycles. The first-order valence-electron chi connectivity index (χ1n) is 6.80. The molecule has 6 heteroatoms. The molecule has 3 N–H and O–H groups in total. The van der Waals surface area contributed by atoms with Gasteiger partial charge in [-0.25, -0.2) is 0 Å². The fourth-order valence-electron chi connectivity index (χ4n) is 2.25. The fourth-order valence-corrected chi connectivity index (χ4v) is 2.25. The summed E-state index contributed by atoms with van der Waals surface area (Å²) in [4.78, 5) is 14.2. The lowest BCUT2D eigenvalue weighted by Gasteiger charge is -2.29. The summed E-state index contributed by atoms with van der Waals surface area (Å²) in [6.45, 7) is 8.84. The van der Waals surface area contributed by atoms with E-state index in [2.05, 4.69) is 27.8 Å². The third kappa shape index (κ3) is 4.20. The summed E-state index contributed by atoms with van der Waals surface area (Å²) in [5.41, 5.74) is 0. The molecule has 18 heavy (non-hydrogen) atoms. The highest BCUT2D eigenvalue weighted by atomic mass is 16.5. The Morgan fingerprint density at radius 1 is 1.33 bits per heavy atom. The maximum atomic E-state index is 11.9. The minimum absolute atomic E-state index is 0.0918. The van der Waals surface area contributed by atoms with Crippen LogP contribution in [0.25, 0.3) is 0 Å². The molecule has 2 heterocycles. The number of ether oxygens (including phenoxy) is 1. The predicted octanol–water partition coefficient (Wildman–Crippen LogP) is -1.62. The van der Waals surface area contributed by atoms with Crippen molar-refractivity contribution in [2.24, 2.45) is 0 Å². The first-order chi connectivity index (χ1) is 8.75. The summed E-state index contributed by atoms with van der Waals surface area (Å²) in [5, 5.41) is 9.54. The highest BCUT2D eigenvalue weighted by molar-refractivity contribution is 5.82. The average molecular weight is 256 g/mol. The lowest BCUT2D eigenvalue weighted by Crippen LogP contribution is -2.59. The summed E-state index contributed by atoms with van der Waals surface area (Å²) in [6.07, 6.45) is 0. The van der Waals surface area contributed by atoms with Crippen molar-refractivity contribution in [2.45, 2.75) is 19.0 Å². The number of piperazine rings is 1. The maximum Gasteiger partial charge on any atom is 0.238 e. The van der Waals surface area contributed by atoms with Crippen LogP contribution in [0.5, 0.6) is 0 Å². The van der Waals surface area contributed by atoms with Crippen molar-refractivity contribution >= 4 is 5.91 Å². The number of morpholine rings is 1. The Morgan fingerprint density at radius 3 is 2.78 bits per heavy atom. The summed E-state index contributed by atoms with van der Waals surface area (Å²) < 4.78 is 5.29. The van der Waals surface area contributed by atoms with Gasteiger partial charge in [0, 0.05) is 45.3 Å². The van der Waals surface area contributed by atoms with Crippen LogP contribution in [0.3, 0.4) is 0 Å². The molecule has 0 aromatic rings. The number of carbonyl (C=O) groups excluding carboxylic acids is 1. The quantitative estimate of drug-likeness (QED) is 0.564. The predicted molar refractivity (Wildman–Crippen MR) is 69.5 cm³/mol. The van der Waals surface area contributed by atoms with Crippen molar-refractivity contribution in [3.8, 4) is 0 Å². The molecule has 2 aliphatic rings. The average Bonchev–Trinajstić information content (AvgIpc) is 2.40. The second-order valence-electron chi connectivity index (χ2n) is 5.02. The van der Waals surface area contributed by atoms with Gasteiger partial charge >= 0.3 is 0 Å². The number of hydrogen-bond donors (Lipinski definition) is 3. The molecule has 0 aromatic heterocycles. The molecule has 1 amide bonds. The second kappa shape index (κ2) is 7.04. The van der Waals surface area contributed by atoms with Gasteiger partial charge in [-0.05, 0) is 6.92 Å². The van der Waals surface area contributed by atoms with E-state index in [0.717, 1.165) is 39.4 Å². The molecule has 2 atom stereocenters. The molecule has 2 unspecified atom stereocenters. The lowest BCUT2D eigenvalue weighted by atomic mass is 10.1. The smallest absolute Gasteiger partial charge is 0.238 e. The second-order valence-corrected chi connectivity index (χ2v) is 5.02. The SMILES string of the molecule is CC1CNC(C(=O)NCCN2CCOCC2)CN1. The van der Waals surface area contributed by atoms with Gasteiger partial charge in [-0.1, -0.05) is 0 Å². The number of rotatable bonds is 4. The summed E-state index contributed by atoms with van der Waals surface area (Å²) >= 11 is 0. The van der Waals surface area contributed by atoms with Crippen molar-refractivity contribution in [3.05, 3.63) is 0 Å². The van der Waals surface area contributed by atoms with E-state index < -0.39 is 0 Å². The Balaban J connectivity index is 1.59. The zero-order valence-electron chi connectivity index (χ0n) is 11.1. The molecule has 2 fully saturated rings. The molecular formula is C12H24N4O2. The van der Waals surface area contributed by atoms with Gasteiger partial charge in [0.15, 0.2) is 0 Å². The van der Waals surface area contributed by atoms with Crippen molar-refractivity contribution in [1.29, 1.82) is 0 Å². The number of nitrogens with one attached hydrogen (secondary N) is 3. The van der Waals surface area contributed by atoms with Crippen LogP contribution in [0.1, 0.15) is 6.92 Å².